The molecule has 8 nitrogen and oxygen atoms in total. The van der Waals surface area contributed by atoms with Gasteiger partial charge >= 0.3 is 0 Å². The van der Waals surface area contributed by atoms with Crippen molar-refractivity contribution in [1.29, 1.82) is 0 Å². The number of anilines is 2. The maximum absolute atomic E-state index is 13.4. The van der Waals surface area contributed by atoms with Gasteiger partial charge in [-0.3, -0.25) is 14.2 Å². The van der Waals surface area contributed by atoms with E-state index >= 15 is 0 Å². The summed E-state index contributed by atoms with van der Waals surface area (Å²) in [5.41, 5.74) is 7.86. The first kappa shape index (κ1) is 22.1. The van der Waals surface area contributed by atoms with Gasteiger partial charge in [0.05, 0.1) is 24.6 Å². The van der Waals surface area contributed by atoms with E-state index in [-0.39, 0.29) is 29.5 Å². The molecule has 35 heavy (non-hydrogen) atoms. The van der Waals surface area contributed by atoms with E-state index in [1.807, 2.05) is 36.4 Å². The molecule has 0 unspecified atom stereocenters. The Hall–Kier alpha value is -3.43. The number of nitrogen functional groups attached to an aromatic ring is 1. The molecule has 6 rings (SSSR count). The third-order valence-electron chi connectivity index (χ3n) is 6.83. The van der Waals surface area contributed by atoms with Crippen LogP contribution in [0.1, 0.15) is 41.4 Å². The molecular weight excluding hydrogens is 484 g/mol. The van der Waals surface area contributed by atoms with Crippen LogP contribution in [0.4, 0.5) is 11.5 Å². The average Bonchev–Trinajstić information content (AvgIpc) is 3.48. The zero-order chi connectivity index (χ0) is 24.2. The van der Waals surface area contributed by atoms with Crippen LogP contribution in [0.3, 0.4) is 0 Å². The Kier molecular flexibility index (Phi) is 5.26. The fourth-order valence-corrected chi connectivity index (χ4v) is 5.97. The van der Waals surface area contributed by atoms with Crippen molar-refractivity contribution in [3.8, 4) is 0 Å². The van der Waals surface area contributed by atoms with Crippen molar-refractivity contribution < 1.29 is 4.79 Å². The van der Waals surface area contributed by atoms with Gasteiger partial charge in [-0.25, -0.2) is 9.97 Å². The number of rotatable bonds is 5. The van der Waals surface area contributed by atoms with Gasteiger partial charge in [0.25, 0.3) is 5.56 Å². The Bertz CT molecular complexity index is 1510. The average molecular weight is 507 g/mol. The molecule has 1 aliphatic heterocycles. The summed E-state index contributed by atoms with van der Waals surface area (Å²) >= 11 is 7.61. The Morgan fingerprint density at radius 2 is 2.06 bits per heavy atom. The highest BCUT2D eigenvalue weighted by molar-refractivity contribution is 7.19. The lowest BCUT2D eigenvalue weighted by molar-refractivity contribution is -0.121. The van der Waals surface area contributed by atoms with Gasteiger partial charge in [-0.2, -0.15) is 0 Å². The molecule has 3 aromatic heterocycles. The number of nitrogens with one attached hydrogen (secondary N) is 2. The summed E-state index contributed by atoms with van der Waals surface area (Å²) in [7, 11) is 0. The standard InChI is InChI=1S/C25H23ClN6O2S/c26-16-3-1-14(2-4-16)18-9-25(5-6-25)23-22(31-18)24(34)32(13-30-23)12-21(33)29-11-17-7-15-10-28-20(27)8-19(15)35-17/h1-4,7-8,10,13,18,31H,5-6,9,11-12H2,(H2,27,28)(H,29,33)/t18-/m0/s1. The van der Waals surface area contributed by atoms with E-state index in [2.05, 4.69) is 20.6 Å². The van der Waals surface area contributed by atoms with Crippen LogP contribution in [0.5, 0.6) is 0 Å². The number of fused-ring (bicyclic) bond motifs is 3. The maximum atomic E-state index is 13.4. The van der Waals surface area contributed by atoms with Crippen LogP contribution in [0.2, 0.25) is 5.02 Å². The lowest BCUT2D eigenvalue weighted by Gasteiger charge is -2.32. The molecule has 10 heteroatoms. The van der Waals surface area contributed by atoms with Gasteiger partial charge in [-0.1, -0.05) is 23.7 Å². The number of hydrogen-bond acceptors (Lipinski definition) is 7. The fraction of sp³-hybridized carbons (Fsp3) is 0.280. The Balaban J connectivity index is 1.19. The maximum Gasteiger partial charge on any atom is 0.277 e. The number of hydrogen-bond donors (Lipinski definition) is 3. The first-order chi connectivity index (χ1) is 16.9. The van der Waals surface area contributed by atoms with Crippen LogP contribution < -0.4 is 21.9 Å². The second-order valence-corrected chi connectivity index (χ2v) is 10.9. The SMILES string of the molecule is Nc1cc2sc(CNC(=O)Cn3cnc4c(c3=O)N[C@H](c3ccc(Cl)cc3)CC43CC3)cc2cn1. The molecule has 0 bridgehead atoms. The molecule has 1 atom stereocenters. The molecule has 1 fully saturated rings. The Labute approximate surface area is 210 Å². The van der Waals surface area contributed by atoms with Crippen molar-refractivity contribution in [3.63, 3.8) is 0 Å². The monoisotopic (exact) mass is 506 g/mol. The topological polar surface area (TPSA) is 115 Å². The Morgan fingerprint density at radius 1 is 1.26 bits per heavy atom. The number of benzene rings is 1. The minimum absolute atomic E-state index is 0.00192. The van der Waals surface area contributed by atoms with E-state index in [4.69, 9.17) is 17.3 Å². The fourth-order valence-electron chi connectivity index (χ4n) is 4.82. The molecule has 0 radical (unpaired) electrons. The summed E-state index contributed by atoms with van der Waals surface area (Å²) in [6, 6.07) is 11.5. The van der Waals surface area contributed by atoms with Gasteiger partial charge in [0.15, 0.2) is 0 Å². The van der Waals surface area contributed by atoms with Crippen LogP contribution in [0, 0.1) is 0 Å². The highest BCUT2D eigenvalue weighted by Crippen LogP contribution is 2.57. The summed E-state index contributed by atoms with van der Waals surface area (Å²) in [6.07, 6.45) is 6.13. The van der Waals surface area contributed by atoms with E-state index in [9.17, 15) is 9.59 Å². The van der Waals surface area contributed by atoms with E-state index in [1.54, 1.807) is 17.5 Å². The molecule has 178 valence electrons. The zero-order valence-electron chi connectivity index (χ0n) is 18.8. The molecule has 1 saturated carbocycles. The van der Waals surface area contributed by atoms with Gasteiger partial charge in [-0.15, -0.1) is 11.3 Å². The van der Waals surface area contributed by atoms with E-state index in [1.165, 1.54) is 10.9 Å². The number of nitrogens with zero attached hydrogens (tertiary/aromatic N) is 3. The number of carbonyl (C=O) groups is 1. The van der Waals surface area contributed by atoms with Crippen LogP contribution in [-0.2, 0) is 23.3 Å². The van der Waals surface area contributed by atoms with Gasteiger partial charge in [-0.05, 0) is 49.1 Å². The molecule has 1 aliphatic carbocycles. The lowest BCUT2D eigenvalue weighted by Crippen LogP contribution is -2.37. The molecule has 4 N–H and O–H groups in total. The molecule has 4 aromatic rings. The quantitative estimate of drug-likeness (QED) is 0.377. The van der Waals surface area contributed by atoms with Crippen molar-refractivity contribution in [1.82, 2.24) is 19.9 Å². The third-order valence-corrected chi connectivity index (χ3v) is 8.18. The van der Waals surface area contributed by atoms with Gasteiger partial charge in [0, 0.05) is 31.6 Å². The molecule has 0 saturated heterocycles. The van der Waals surface area contributed by atoms with Crippen LogP contribution in [0.15, 0.2) is 53.7 Å². The number of carbonyl (C=O) groups excluding carboxylic acids is 1. The normalized spacial score (nSPS) is 17.7. The van der Waals surface area contributed by atoms with Gasteiger partial charge in [0.2, 0.25) is 5.91 Å². The Morgan fingerprint density at radius 3 is 2.83 bits per heavy atom. The first-order valence-corrected chi connectivity index (χ1v) is 12.6. The van der Waals surface area contributed by atoms with Crippen LogP contribution >= 0.6 is 22.9 Å². The molecular formula is C25H23ClN6O2S. The molecule has 1 aromatic carbocycles. The second kappa shape index (κ2) is 8.35. The van der Waals surface area contributed by atoms with Crippen molar-refractivity contribution in [2.45, 2.75) is 43.8 Å². The molecule has 1 amide bonds. The number of amides is 1. The first-order valence-electron chi connectivity index (χ1n) is 11.4. The minimum Gasteiger partial charge on any atom is -0.384 e. The number of halogens is 1. The van der Waals surface area contributed by atoms with Crippen LogP contribution in [0.25, 0.3) is 10.1 Å². The van der Waals surface area contributed by atoms with Crippen molar-refractivity contribution >= 4 is 50.4 Å². The number of aromatic nitrogens is 3. The van der Waals surface area contributed by atoms with Crippen molar-refractivity contribution in [3.05, 3.63) is 80.4 Å². The lowest BCUT2D eigenvalue weighted by atomic mass is 9.85. The molecule has 4 heterocycles. The van der Waals surface area contributed by atoms with Crippen molar-refractivity contribution in [2.24, 2.45) is 0 Å². The predicted octanol–water partition coefficient (Wildman–Crippen LogP) is 3.99. The van der Waals surface area contributed by atoms with E-state index in [0.717, 1.165) is 45.5 Å². The van der Waals surface area contributed by atoms with E-state index in [0.29, 0.717) is 23.1 Å². The van der Waals surface area contributed by atoms with Gasteiger partial charge in [0.1, 0.15) is 18.1 Å². The third kappa shape index (κ3) is 4.15. The predicted molar refractivity (Wildman–Crippen MR) is 138 cm³/mol. The van der Waals surface area contributed by atoms with E-state index < -0.39 is 0 Å². The highest BCUT2D eigenvalue weighted by Gasteiger charge is 2.52. The summed E-state index contributed by atoms with van der Waals surface area (Å²) in [6.45, 7) is 0.268. The minimum atomic E-state index is -0.254. The number of pyridine rings is 1. The van der Waals surface area contributed by atoms with Crippen molar-refractivity contribution in [2.75, 3.05) is 11.1 Å². The molecule has 1 spiro atoms. The summed E-state index contributed by atoms with van der Waals surface area (Å²) < 4.78 is 2.39. The summed E-state index contributed by atoms with van der Waals surface area (Å²) in [4.78, 5) is 35.7. The largest absolute Gasteiger partial charge is 0.384 e. The van der Waals surface area contributed by atoms with Crippen LogP contribution in [-0.4, -0.2) is 20.4 Å². The highest BCUT2D eigenvalue weighted by atomic mass is 35.5. The summed E-state index contributed by atoms with van der Waals surface area (Å²) in [5.74, 6) is 0.212. The number of thiophene rings is 1. The van der Waals surface area contributed by atoms with Gasteiger partial charge < -0.3 is 16.4 Å². The second-order valence-electron chi connectivity index (χ2n) is 9.27. The number of nitrogens with two attached hydrogens (primary N) is 1. The smallest absolute Gasteiger partial charge is 0.277 e. The molecule has 2 aliphatic rings. The summed E-state index contributed by atoms with van der Waals surface area (Å²) in [5, 5.41) is 7.96. The zero-order valence-corrected chi connectivity index (χ0v) is 20.3.